The van der Waals surface area contributed by atoms with Gasteiger partial charge in [-0.15, -0.1) is 0 Å². The number of hydrogen-bond acceptors (Lipinski definition) is 4. The Kier molecular flexibility index (Phi) is 3.28. The summed E-state index contributed by atoms with van der Waals surface area (Å²) in [6.45, 7) is 2.67. The second kappa shape index (κ2) is 5.43. The number of benzene rings is 1. The lowest BCUT2D eigenvalue weighted by Gasteiger charge is -2.12. The van der Waals surface area contributed by atoms with Gasteiger partial charge in [-0.1, -0.05) is 29.2 Å². The Bertz CT molecular complexity index is 918. The summed E-state index contributed by atoms with van der Waals surface area (Å²) >= 11 is 1.62. The van der Waals surface area contributed by atoms with Crippen molar-refractivity contribution in [2.45, 2.75) is 19.8 Å². The van der Waals surface area contributed by atoms with Gasteiger partial charge < -0.3 is 4.74 Å². The molecule has 3 nitrogen and oxygen atoms in total. The van der Waals surface area contributed by atoms with E-state index < -0.39 is 0 Å². The van der Waals surface area contributed by atoms with Gasteiger partial charge in [0.15, 0.2) is 0 Å². The number of fused-ring (bicyclic) bond motifs is 2. The number of ether oxygens (including phenoxy) is 1. The number of rotatable bonds is 1. The molecule has 0 radical (unpaired) electrons. The highest BCUT2D eigenvalue weighted by atomic mass is 32.1. The minimum Gasteiger partial charge on any atom is -0.492 e. The van der Waals surface area contributed by atoms with E-state index in [2.05, 4.69) is 40.0 Å². The molecule has 0 fully saturated rings. The molecular weight excluding hydrogens is 292 g/mol. The average Bonchev–Trinajstić information content (AvgIpc) is 2.87. The standard InChI is InChI=1S/C18H14N2OS/c1-12-20-16-10-15(11-19-18(16)22-12)13-6-7-17-14(9-13)5-3-2-4-8-21-17/h6-7,9-11H,4-5,8H2,1H3. The van der Waals surface area contributed by atoms with Crippen molar-refractivity contribution >= 4 is 21.7 Å². The molecule has 1 aliphatic heterocycles. The monoisotopic (exact) mass is 306 g/mol. The summed E-state index contributed by atoms with van der Waals surface area (Å²) in [6, 6.07) is 8.37. The predicted molar refractivity (Wildman–Crippen MR) is 89.2 cm³/mol. The van der Waals surface area contributed by atoms with Crippen molar-refractivity contribution in [2.24, 2.45) is 0 Å². The second-order valence-corrected chi connectivity index (χ2v) is 6.41. The predicted octanol–water partition coefficient (Wildman–Crippen LogP) is 4.00. The maximum absolute atomic E-state index is 5.76. The lowest BCUT2D eigenvalue weighted by molar-refractivity contribution is 0.323. The zero-order chi connectivity index (χ0) is 14.9. The molecule has 2 aromatic heterocycles. The van der Waals surface area contributed by atoms with Crippen molar-refractivity contribution in [3.05, 3.63) is 41.0 Å². The van der Waals surface area contributed by atoms with Gasteiger partial charge in [-0.05, 0) is 30.7 Å². The van der Waals surface area contributed by atoms with Gasteiger partial charge in [0.25, 0.3) is 0 Å². The smallest absolute Gasteiger partial charge is 0.143 e. The maximum Gasteiger partial charge on any atom is 0.143 e. The summed E-state index contributed by atoms with van der Waals surface area (Å²) in [5.41, 5.74) is 4.31. The van der Waals surface area contributed by atoms with Crippen LogP contribution in [0.5, 0.6) is 5.75 Å². The molecule has 1 aromatic carbocycles. The number of pyridine rings is 1. The van der Waals surface area contributed by atoms with E-state index in [1.54, 1.807) is 11.3 Å². The van der Waals surface area contributed by atoms with Crippen molar-refractivity contribution in [2.75, 3.05) is 6.61 Å². The van der Waals surface area contributed by atoms with Gasteiger partial charge in [0.05, 0.1) is 11.6 Å². The van der Waals surface area contributed by atoms with Crippen molar-refractivity contribution in [1.82, 2.24) is 9.97 Å². The normalized spacial score (nSPS) is 13.5. The highest BCUT2D eigenvalue weighted by Gasteiger charge is 2.09. The van der Waals surface area contributed by atoms with Gasteiger partial charge in [0, 0.05) is 30.2 Å². The summed E-state index contributed by atoms with van der Waals surface area (Å²) in [6.07, 6.45) is 3.44. The second-order valence-electron chi connectivity index (χ2n) is 5.23. The van der Waals surface area contributed by atoms with Crippen molar-refractivity contribution < 1.29 is 4.74 Å². The van der Waals surface area contributed by atoms with Crippen LogP contribution in [0.15, 0.2) is 30.5 Å². The first-order chi connectivity index (χ1) is 10.8. The highest BCUT2D eigenvalue weighted by molar-refractivity contribution is 7.18. The molecule has 4 rings (SSSR count). The van der Waals surface area contributed by atoms with Gasteiger partial charge in [-0.3, -0.25) is 0 Å². The molecule has 0 bridgehead atoms. The molecule has 3 aromatic rings. The number of thiazole rings is 1. The first-order valence-corrected chi connectivity index (χ1v) is 8.06. The van der Waals surface area contributed by atoms with Gasteiger partial charge >= 0.3 is 0 Å². The van der Waals surface area contributed by atoms with E-state index >= 15 is 0 Å². The Morgan fingerprint density at radius 3 is 3.09 bits per heavy atom. The van der Waals surface area contributed by atoms with Crippen LogP contribution in [0.2, 0.25) is 0 Å². The molecule has 0 aliphatic carbocycles. The summed E-state index contributed by atoms with van der Waals surface area (Å²) in [5, 5.41) is 1.04. The number of aryl methyl sites for hydroxylation is 1. The first kappa shape index (κ1) is 13.3. The summed E-state index contributed by atoms with van der Waals surface area (Å²) in [7, 11) is 0. The average molecular weight is 306 g/mol. The van der Waals surface area contributed by atoms with Gasteiger partial charge in [-0.2, -0.15) is 0 Å². The molecule has 22 heavy (non-hydrogen) atoms. The number of nitrogens with zero attached hydrogens (tertiary/aromatic N) is 2. The van der Waals surface area contributed by atoms with Crippen LogP contribution in [-0.2, 0) is 6.42 Å². The van der Waals surface area contributed by atoms with Crippen LogP contribution in [0.25, 0.3) is 21.5 Å². The van der Waals surface area contributed by atoms with Crippen LogP contribution in [0.1, 0.15) is 17.0 Å². The van der Waals surface area contributed by atoms with Gasteiger partial charge in [0.1, 0.15) is 16.1 Å². The van der Waals surface area contributed by atoms with Crippen LogP contribution in [0, 0.1) is 18.8 Å². The lowest BCUT2D eigenvalue weighted by atomic mass is 10.0. The van der Waals surface area contributed by atoms with E-state index in [0.717, 1.165) is 50.6 Å². The molecule has 0 amide bonds. The molecule has 0 unspecified atom stereocenters. The Balaban J connectivity index is 1.78. The van der Waals surface area contributed by atoms with E-state index in [4.69, 9.17) is 4.74 Å². The minimum atomic E-state index is 0.658. The van der Waals surface area contributed by atoms with E-state index in [1.807, 2.05) is 19.2 Å². The molecule has 0 atom stereocenters. The first-order valence-electron chi connectivity index (χ1n) is 7.24. The Labute approximate surface area is 133 Å². The van der Waals surface area contributed by atoms with Gasteiger partial charge in [-0.25, -0.2) is 9.97 Å². The summed E-state index contributed by atoms with van der Waals surface area (Å²) in [5.74, 6) is 7.26. The van der Waals surface area contributed by atoms with E-state index in [0.29, 0.717) is 6.61 Å². The highest BCUT2D eigenvalue weighted by Crippen LogP contribution is 2.30. The molecule has 0 saturated heterocycles. The third-order valence-electron chi connectivity index (χ3n) is 3.64. The Morgan fingerprint density at radius 2 is 2.14 bits per heavy atom. The molecule has 0 spiro atoms. The van der Waals surface area contributed by atoms with Crippen molar-refractivity contribution in [3.63, 3.8) is 0 Å². The fourth-order valence-corrected chi connectivity index (χ4v) is 3.32. The number of aromatic nitrogens is 2. The quantitative estimate of drug-likeness (QED) is 0.638. The van der Waals surface area contributed by atoms with Crippen LogP contribution in [0.4, 0.5) is 0 Å². The molecule has 0 saturated carbocycles. The SMILES string of the molecule is Cc1nc2cc(-c3ccc4c(c3)CC#CCCO4)cnc2s1. The van der Waals surface area contributed by atoms with Crippen LogP contribution in [0.3, 0.4) is 0 Å². The Hall–Kier alpha value is -2.38. The van der Waals surface area contributed by atoms with E-state index in [-0.39, 0.29) is 0 Å². The zero-order valence-corrected chi connectivity index (χ0v) is 13.0. The zero-order valence-electron chi connectivity index (χ0n) is 12.2. The van der Waals surface area contributed by atoms with Crippen molar-refractivity contribution in [1.29, 1.82) is 0 Å². The van der Waals surface area contributed by atoms with Crippen molar-refractivity contribution in [3.8, 4) is 28.7 Å². The number of hydrogen-bond donors (Lipinski definition) is 0. The molecule has 3 heterocycles. The third kappa shape index (κ3) is 2.44. The lowest BCUT2D eigenvalue weighted by Crippen LogP contribution is -2.01. The third-order valence-corrected chi connectivity index (χ3v) is 4.53. The molecule has 4 heteroatoms. The molecule has 108 valence electrons. The molecule has 1 aliphatic rings. The molecule has 0 N–H and O–H groups in total. The fourth-order valence-electron chi connectivity index (χ4n) is 2.59. The van der Waals surface area contributed by atoms with Gasteiger partial charge in [0.2, 0.25) is 0 Å². The summed E-state index contributed by atoms with van der Waals surface area (Å²) < 4.78 is 5.76. The topological polar surface area (TPSA) is 35.0 Å². The van der Waals surface area contributed by atoms with Crippen LogP contribution < -0.4 is 4.74 Å². The minimum absolute atomic E-state index is 0.658. The largest absolute Gasteiger partial charge is 0.492 e. The van der Waals surface area contributed by atoms with Crippen LogP contribution >= 0.6 is 11.3 Å². The fraction of sp³-hybridized carbons (Fsp3) is 0.222. The maximum atomic E-state index is 5.76. The van der Waals surface area contributed by atoms with Crippen LogP contribution in [-0.4, -0.2) is 16.6 Å². The van der Waals surface area contributed by atoms with E-state index in [1.165, 1.54) is 0 Å². The molecular formula is C18H14N2OS. The van der Waals surface area contributed by atoms with E-state index in [9.17, 15) is 0 Å². The summed E-state index contributed by atoms with van der Waals surface area (Å²) in [4.78, 5) is 10.0. The Morgan fingerprint density at radius 1 is 1.18 bits per heavy atom.